The summed E-state index contributed by atoms with van der Waals surface area (Å²) in [5.74, 6) is 0. The van der Waals surface area contributed by atoms with E-state index in [9.17, 15) is 0 Å². The van der Waals surface area contributed by atoms with Crippen LogP contribution in [0.15, 0.2) is 30.3 Å². The fourth-order valence-corrected chi connectivity index (χ4v) is 4.23. The molecule has 1 heterocycles. The highest BCUT2D eigenvalue weighted by atomic mass is 32.1. The van der Waals surface area contributed by atoms with Crippen molar-refractivity contribution >= 4 is 22.2 Å². The minimum Gasteiger partial charge on any atom is -0.321 e. The Balaban J connectivity index is 1.95. The van der Waals surface area contributed by atoms with Crippen LogP contribution in [0.3, 0.4) is 0 Å². The van der Waals surface area contributed by atoms with E-state index in [2.05, 4.69) is 62.4 Å². The zero-order chi connectivity index (χ0) is 15.0. The molecule has 1 aromatic carbocycles. The Morgan fingerprint density at radius 1 is 1.29 bits per heavy atom. The van der Waals surface area contributed by atoms with Gasteiger partial charge in [-0.25, -0.2) is 4.98 Å². The second kappa shape index (κ2) is 5.43. The van der Waals surface area contributed by atoms with Crippen LogP contribution in [0.4, 0.5) is 10.8 Å². The van der Waals surface area contributed by atoms with Gasteiger partial charge in [0.25, 0.3) is 0 Å². The molecule has 0 spiro atoms. The second-order valence-electron chi connectivity index (χ2n) is 6.59. The fourth-order valence-electron chi connectivity index (χ4n) is 3.06. The van der Waals surface area contributed by atoms with E-state index in [-0.39, 0.29) is 0 Å². The minimum absolute atomic E-state index is 0.317. The Kier molecular flexibility index (Phi) is 3.76. The molecule has 21 heavy (non-hydrogen) atoms. The van der Waals surface area contributed by atoms with E-state index < -0.39 is 0 Å². The van der Waals surface area contributed by atoms with Crippen molar-refractivity contribution in [3.05, 3.63) is 40.9 Å². The van der Waals surface area contributed by atoms with Crippen LogP contribution < -0.4 is 10.2 Å². The summed E-state index contributed by atoms with van der Waals surface area (Å²) in [7, 11) is 4.15. The summed E-state index contributed by atoms with van der Waals surface area (Å²) in [6.45, 7) is 4.67. The average Bonchev–Trinajstić information content (AvgIpc) is 2.88. The van der Waals surface area contributed by atoms with Crippen LogP contribution in [0.25, 0.3) is 0 Å². The molecular weight excluding hydrogens is 278 g/mol. The summed E-state index contributed by atoms with van der Waals surface area (Å²) in [5.41, 5.74) is 2.77. The average molecular weight is 301 g/mol. The standard InChI is InChI=1S/C17H23N3S/c1-17(2)10-13(18-3)15-14(11-17)19-16(21-15)20(4)12-8-6-5-7-9-12/h5-9,13,18H,10-11H2,1-4H3. The smallest absolute Gasteiger partial charge is 0.190 e. The van der Waals surface area contributed by atoms with E-state index >= 15 is 0 Å². The highest BCUT2D eigenvalue weighted by Crippen LogP contribution is 2.45. The van der Waals surface area contributed by atoms with Gasteiger partial charge in [-0.15, -0.1) is 0 Å². The van der Waals surface area contributed by atoms with Crippen molar-refractivity contribution in [2.75, 3.05) is 19.0 Å². The van der Waals surface area contributed by atoms with Crippen molar-refractivity contribution in [3.63, 3.8) is 0 Å². The number of hydrogen-bond acceptors (Lipinski definition) is 4. The molecule has 0 saturated heterocycles. The summed E-state index contributed by atoms with van der Waals surface area (Å²) in [4.78, 5) is 8.52. The number of thiazole rings is 1. The maximum Gasteiger partial charge on any atom is 0.190 e. The number of benzene rings is 1. The third-order valence-electron chi connectivity index (χ3n) is 4.21. The van der Waals surface area contributed by atoms with Crippen LogP contribution >= 0.6 is 11.3 Å². The van der Waals surface area contributed by atoms with E-state index in [0.717, 1.165) is 11.6 Å². The molecule has 1 aromatic heterocycles. The summed E-state index contributed by atoms with van der Waals surface area (Å²) in [6, 6.07) is 10.9. The minimum atomic E-state index is 0.317. The van der Waals surface area contributed by atoms with Gasteiger partial charge in [0, 0.05) is 23.7 Å². The molecule has 0 amide bonds. The number of rotatable bonds is 3. The summed E-state index contributed by atoms with van der Waals surface area (Å²) >= 11 is 1.82. The van der Waals surface area contributed by atoms with Crippen molar-refractivity contribution in [1.82, 2.24) is 10.3 Å². The Morgan fingerprint density at radius 3 is 2.67 bits per heavy atom. The lowest BCUT2D eigenvalue weighted by Crippen LogP contribution is -2.30. The fraction of sp³-hybridized carbons (Fsp3) is 0.471. The normalized spacial score (nSPS) is 20.1. The predicted molar refractivity (Wildman–Crippen MR) is 90.5 cm³/mol. The molecule has 112 valence electrons. The van der Waals surface area contributed by atoms with Gasteiger partial charge in [-0.2, -0.15) is 0 Å². The predicted octanol–water partition coefficient (Wildman–Crippen LogP) is 4.14. The lowest BCUT2D eigenvalue weighted by molar-refractivity contribution is 0.265. The molecule has 2 aromatic rings. The third-order valence-corrected chi connectivity index (χ3v) is 5.50. The topological polar surface area (TPSA) is 28.2 Å². The van der Waals surface area contributed by atoms with Gasteiger partial charge in [0.1, 0.15) is 0 Å². The van der Waals surface area contributed by atoms with Crippen molar-refractivity contribution in [2.45, 2.75) is 32.7 Å². The van der Waals surface area contributed by atoms with Crippen LogP contribution in [0.5, 0.6) is 0 Å². The lowest BCUT2D eigenvalue weighted by Gasteiger charge is -2.34. The van der Waals surface area contributed by atoms with Crippen LogP contribution in [-0.2, 0) is 6.42 Å². The first-order chi connectivity index (χ1) is 10.00. The number of hydrogen-bond donors (Lipinski definition) is 1. The van der Waals surface area contributed by atoms with Gasteiger partial charge in [0.2, 0.25) is 0 Å². The molecule has 1 unspecified atom stereocenters. The van der Waals surface area contributed by atoms with Crippen LogP contribution in [0.1, 0.15) is 36.9 Å². The number of aromatic nitrogens is 1. The zero-order valence-electron chi connectivity index (χ0n) is 13.2. The number of nitrogens with zero attached hydrogens (tertiary/aromatic N) is 2. The van der Waals surface area contributed by atoms with E-state index in [4.69, 9.17) is 4.98 Å². The first kappa shape index (κ1) is 14.5. The molecule has 0 bridgehead atoms. The monoisotopic (exact) mass is 301 g/mol. The van der Waals surface area contributed by atoms with Gasteiger partial charge in [0.15, 0.2) is 5.13 Å². The van der Waals surface area contributed by atoms with Crippen LogP contribution in [0.2, 0.25) is 0 Å². The molecule has 3 nitrogen and oxygen atoms in total. The maximum atomic E-state index is 4.93. The SMILES string of the molecule is CNC1CC(C)(C)Cc2nc(N(C)c3ccccc3)sc21. The molecule has 0 radical (unpaired) electrons. The molecule has 1 aliphatic carbocycles. The number of nitrogens with one attached hydrogen (secondary N) is 1. The molecule has 0 saturated carbocycles. The van der Waals surface area contributed by atoms with Crippen LogP contribution in [-0.4, -0.2) is 19.1 Å². The van der Waals surface area contributed by atoms with Crippen molar-refractivity contribution in [3.8, 4) is 0 Å². The van der Waals surface area contributed by atoms with Gasteiger partial charge in [-0.3, -0.25) is 0 Å². The maximum absolute atomic E-state index is 4.93. The van der Waals surface area contributed by atoms with Crippen molar-refractivity contribution < 1.29 is 0 Å². The molecular formula is C17H23N3S. The Bertz CT molecular complexity index is 618. The molecule has 0 aliphatic heterocycles. The quantitative estimate of drug-likeness (QED) is 0.923. The first-order valence-electron chi connectivity index (χ1n) is 7.46. The van der Waals surface area contributed by atoms with Crippen LogP contribution in [0, 0.1) is 5.41 Å². The van der Waals surface area contributed by atoms with E-state index in [1.54, 1.807) is 0 Å². The van der Waals surface area contributed by atoms with E-state index in [1.165, 1.54) is 22.7 Å². The zero-order valence-corrected chi connectivity index (χ0v) is 14.0. The molecule has 3 rings (SSSR count). The largest absolute Gasteiger partial charge is 0.321 e. The molecule has 1 N–H and O–H groups in total. The lowest BCUT2D eigenvalue weighted by atomic mass is 9.76. The van der Waals surface area contributed by atoms with Gasteiger partial charge in [0.05, 0.1) is 5.69 Å². The third kappa shape index (κ3) is 2.83. The van der Waals surface area contributed by atoms with Gasteiger partial charge in [-0.1, -0.05) is 43.4 Å². The van der Waals surface area contributed by atoms with Gasteiger partial charge < -0.3 is 10.2 Å². The highest BCUT2D eigenvalue weighted by Gasteiger charge is 2.34. The van der Waals surface area contributed by atoms with Gasteiger partial charge in [-0.05, 0) is 37.4 Å². The molecule has 1 aliphatic rings. The molecule has 1 atom stereocenters. The highest BCUT2D eigenvalue weighted by molar-refractivity contribution is 7.15. The number of anilines is 2. The van der Waals surface area contributed by atoms with E-state index in [0.29, 0.717) is 11.5 Å². The molecule has 0 fully saturated rings. The Labute approximate surface area is 131 Å². The molecule has 4 heteroatoms. The number of fused-ring (bicyclic) bond motifs is 1. The first-order valence-corrected chi connectivity index (χ1v) is 8.27. The Hall–Kier alpha value is -1.39. The van der Waals surface area contributed by atoms with Crippen molar-refractivity contribution in [1.29, 1.82) is 0 Å². The summed E-state index contributed by atoms with van der Waals surface area (Å²) < 4.78 is 0. The number of para-hydroxylation sites is 1. The Morgan fingerprint density at radius 2 is 2.00 bits per heavy atom. The summed E-state index contributed by atoms with van der Waals surface area (Å²) in [5, 5.41) is 4.55. The summed E-state index contributed by atoms with van der Waals surface area (Å²) in [6.07, 6.45) is 2.24. The van der Waals surface area contributed by atoms with Crippen molar-refractivity contribution in [2.24, 2.45) is 5.41 Å². The second-order valence-corrected chi connectivity index (χ2v) is 7.60. The van der Waals surface area contributed by atoms with E-state index in [1.807, 2.05) is 17.4 Å². The van der Waals surface area contributed by atoms with Gasteiger partial charge >= 0.3 is 0 Å².